The molecule has 2 heteroatoms. The average Bonchev–Trinajstić information content (AvgIpc) is 2.27. The van der Waals surface area contributed by atoms with Crippen molar-refractivity contribution in [2.24, 2.45) is 11.7 Å². The van der Waals surface area contributed by atoms with Gasteiger partial charge in [0.2, 0.25) is 0 Å². The predicted molar refractivity (Wildman–Crippen MR) is 72.0 cm³/mol. The Morgan fingerprint density at radius 2 is 1.94 bits per heavy atom. The van der Waals surface area contributed by atoms with Crippen LogP contribution in [0.4, 0.5) is 0 Å². The van der Waals surface area contributed by atoms with Crippen LogP contribution >= 0.6 is 0 Å². The second-order valence-corrected chi connectivity index (χ2v) is 5.76. The lowest BCUT2D eigenvalue weighted by molar-refractivity contribution is -0.110. The Labute approximate surface area is 104 Å². The summed E-state index contributed by atoms with van der Waals surface area (Å²) in [5.74, 6) is 0.0563. The Kier molecular flexibility index (Phi) is 4.47. The number of aldehydes is 1. The van der Waals surface area contributed by atoms with E-state index in [1.807, 2.05) is 6.92 Å². The third-order valence-corrected chi connectivity index (χ3v) is 3.07. The molecule has 1 aromatic rings. The molecule has 0 saturated heterocycles. The summed E-state index contributed by atoms with van der Waals surface area (Å²) in [5, 5.41) is 0. The van der Waals surface area contributed by atoms with Gasteiger partial charge >= 0.3 is 0 Å². The molecule has 2 N–H and O–H groups in total. The van der Waals surface area contributed by atoms with E-state index >= 15 is 0 Å². The van der Waals surface area contributed by atoms with E-state index in [1.165, 1.54) is 11.1 Å². The molecule has 0 spiro atoms. The van der Waals surface area contributed by atoms with Gasteiger partial charge in [0.05, 0.1) is 0 Å². The molecule has 1 aromatic carbocycles. The number of hydrogen-bond acceptors (Lipinski definition) is 2. The van der Waals surface area contributed by atoms with Crippen LogP contribution in [0.25, 0.3) is 0 Å². The fourth-order valence-corrected chi connectivity index (χ4v) is 1.88. The van der Waals surface area contributed by atoms with Crippen LogP contribution in [0.2, 0.25) is 0 Å². The van der Waals surface area contributed by atoms with Crippen molar-refractivity contribution < 1.29 is 4.79 Å². The summed E-state index contributed by atoms with van der Waals surface area (Å²) in [6, 6.07) is 6.43. The minimum atomic E-state index is 0.0563. The maximum Gasteiger partial charge on any atom is 0.123 e. The lowest BCUT2D eigenvalue weighted by Gasteiger charge is -2.21. The smallest absolute Gasteiger partial charge is 0.123 e. The summed E-state index contributed by atoms with van der Waals surface area (Å²) >= 11 is 0. The molecule has 1 rings (SSSR count). The summed E-state index contributed by atoms with van der Waals surface area (Å²) in [5.41, 5.74) is 9.57. The number of rotatable bonds is 4. The van der Waals surface area contributed by atoms with E-state index in [2.05, 4.69) is 39.0 Å². The highest BCUT2D eigenvalue weighted by atomic mass is 16.1. The van der Waals surface area contributed by atoms with E-state index in [9.17, 15) is 4.79 Å². The SMILES string of the molecule is CC(C=O)Cc1ccc(C(C)(C)C)cc1CN. The fourth-order valence-electron chi connectivity index (χ4n) is 1.88. The Balaban J connectivity index is 3.05. The van der Waals surface area contributed by atoms with E-state index in [4.69, 9.17) is 5.73 Å². The molecule has 0 aliphatic heterocycles. The molecule has 1 unspecified atom stereocenters. The highest BCUT2D eigenvalue weighted by molar-refractivity contribution is 5.54. The molecular weight excluding hydrogens is 210 g/mol. The average molecular weight is 233 g/mol. The molecule has 17 heavy (non-hydrogen) atoms. The van der Waals surface area contributed by atoms with Gasteiger partial charge in [-0.15, -0.1) is 0 Å². The lowest BCUT2D eigenvalue weighted by Crippen LogP contribution is -2.14. The van der Waals surface area contributed by atoms with Gasteiger partial charge in [0, 0.05) is 12.5 Å². The summed E-state index contributed by atoms with van der Waals surface area (Å²) in [6.07, 6.45) is 1.78. The number of carbonyl (C=O) groups excluding carboxylic acids is 1. The van der Waals surface area contributed by atoms with Crippen molar-refractivity contribution in [2.45, 2.75) is 46.1 Å². The standard InChI is InChI=1S/C15H23NO/c1-11(10-17)7-12-5-6-14(15(2,3)4)8-13(12)9-16/h5-6,8,10-11H,7,9,16H2,1-4H3. The molecule has 2 nitrogen and oxygen atoms in total. The Morgan fingerprint density at radius 1 is 1.29 bits per heavy atom. The normalized spacial score (nSPS) is 13.5. The first kappa shape index (κ1) is 13.9. The molecular formula is C15H23NO. The summed E-state index contributed by atoms with van der Waals surface area (Å²) in [4.78, 5) is 10.7. The first-order valence-corrected chi connectivity index (χ1v) is 6.16. The van der Waals surface area contributed by atoms with Gasteiger partial charge in [0.15, 0.2) is 0 Å². The third-order valence-electron chi connectivity index (χ3n) is 3.07. The van der Waals surface area contributed by atoms with Gasteiger partial charge < -0.3 is 10.5 Å². The molecule has 0 aliphatic carbocycles. The summed E-state index contributed by atoms with van der Waals surface area (Å²) in [7, 11) is 0. The van der Waals surface area contributed by atoms with Crippen molar-refractivity contribution in [3.63, 3.8) is 0 Å². The quantitative estimate of drug-likeness (QED) is 0.813. The highest BCUT2D eigenvalue weighted by Gasteiger charge is 2.15. The topological polar surface area (TPSA) is 43.1 Å². The zero-order valence-corrected chi connectivity index (χ0v) is 11.3. The van der Waals surface area contributed by atoms with Gasteiger partial charge in [0.1, 0.15) is 6.29 Å². The molecule has 0 saturated carbocycles. The lowest BCUT2D eigenvalue weighted by atomic mass is 9.84. The van der Waals surface area contributed by atoms with Crippen LogP contribution in [0, 0.1) is 5.92 Å². The predicted octanol–water partition coefficient (Wildman–Crippen LogP) is 2.82. The molecule has 0 amide bonds. The monoisotopic (exact) mass is 233 g/mol. The summed E-state index contributed by atoms with van der Waals surface area (Å²) in [6.45, 7) is 9.04. The molecule has 0 bridgehead atoms. The minimum absolute atomic E-state index is 0.0563. The Bertz CT molecular complexity index is 390. The van der Waals surface area contributed by atoms with Crippen LogP contribution in [0.5, 0.6) is 0 Å². The summed E-state index contributed by atoms with van der Waals surface area (Å²) < 4.78 is 0. The zero-order chi connectivity index (χ0) is 13.1. The van der Waals surface area contributed by atoms with Crippen LogP contribution in [0.1, 0.15) is 44.4 Å². The molecule has 0 heterocycles. The molecule has 0 fully saturated rings. The maximum atomic E-state index is 10.7. The van der Waals surface area contributed by atoms with Crippen LogP contribution < -0.4 is 5.73 Å². The van der Waals surface area contributed by atoms with Gasteiger partial charge in [-0.3, -0.25) is 0 Å². The van der Waals surface area contributed by atoms with Crippen LogP contribution in [-0.4, -0.2) is 6.29 Å². The van der Waals surface area contributed by atoms with Crippen LogP contribution in [0.15, 0.2) is 18.2 Å². The van der Waals surface area contributed by atoms with Gasteiger partial charge in [-0.2, -0.15) is 0 Å². The van der Waals surface area contributed by atoms with Gasteiger partial charge in [-0.1, -0.05) is 45.9 Å². The molecule has 94 valence electrons. The van der Waals surface area contributed by atoms with Crippen molar-refractivity contribution in [3.8, 4) is 0 Å². The second kappa shape index (κ2) is 5.46. The van der Waals surface area contributed by atoms with Crippen molar-refractivity contribution in [2.75, 3.05) is 0 Å². The van der Waals surface area contributed by atoms with E-state index in [1.54, 1.807) is 0 Å². The molecule has 1 atom stereocenters. The molecule has 0 radical (unpaired) electrons. The van der Waals surface area contributed by atoms with Crippen molar-refractivity contribution in [1.82, 2.24) is 0 Å². The second-order valence-electron chi connectivity index (χ2n) is 5.76. The first-order chi connectivity index (χ1) is 7.88. The van der Waals surface area contributed by atoms with Crippen molar-refractivity contribution in [1.29, 1.82) is 0 Å². The fraction of sp³-hybridized carbons (Fsp3) is 0.533. The number of hydrogen-bond donors (Lipinski definition) is 1. The van der Waals surface area contributed by atoms with E-state index in [-0.39, 0.29) is 11.3 Å². The molecule has 0 aromatic heterocycles. The van der Waals surface area contributed by atoms with Crippen molar-refractivity contribution >= 4 is 6.29 Å². The highest BCUT2D eigenvalue weighted by Crippen LogP contribution is 2.25. The van der Waals surface area contributed by atoms with Crippen molar-refractivity contribution in [3.05, 3.63) is 34.9 Å². The molecule has 0 aliphatic rings. The van der Waals surface area contributed by atoms with E-state index in [0.29, 0.717) is 6.54 Å². The number of benzene rings is 1. The largest absolute Gasteiger partial charge is 0.326 e. The number of carbonyl (C=O) groups is 1. The Hall–Kier alpha value is -1.15. The van der Waals surface area contributed by atoms with E-state index in [0.717, 1.165) is 18.3 Å². The van der Waals surface area contributed by atoms with Gasteiger partial charge in [0.25, 0.3) is 0 Å². The third kappa shape index (κ3) is 3.67. The van der Waals surface area contributed by atoms with Crippen LogP contribution in [0.3, 0.4) is 0 Å². The van der Waals surface area contributed by atoms with Gasteiger partial charge in [-0.25, -0.2) is 0 Å². The Morgan fingerprint density at radius 3 is 2.41 bits per heavy atom. The maximum absolute atomic E-state index is 10.7. The number of nitrogens with two attached hydrogens (primary N) is 1. The van der Waals surface area contributed by atoms with Crippen LogP contribution in [-0.2, 0) is 23.2 Å². The zero-order valence-electron chi connectivity index (χ0n) is 11.3. The van der Waals surface area contributed by atoms with E-state index < -0.39 is 0 Å². The minimum Gasteiger partial charge on any atom is -0.326 e. The van der Waals surface area contributed by atoms with Gasteiger partial charge in [-0.05, 0) is 28.5 Å². The first-order valence-electron chi connectivity index (χ1n) is 6.16.